The molecule has 1 aromatic heterocycles. The zero-order valence-corrected chi connectivity index (χ0v) is 7.40. The maximum Gasteiger partial charge on any atom is 0.248 e. The number of H-pyrrole nitrogens is 1. The van der Waals surface area contributed by atoms with Crippen molar-refractivity contribution < 1.29 is 8.78 Å². The molecule has 0 saturated carbocycles. The largest absolute Gasteiger partial charge is 0.319 e. The minimum Gasteiger partial charge on any atom is -0.319 e. The number of hydrogen-bond donors (Lipinski definition) is 1. The molecule has 4 heteroatoms. The summed E-state index contributed by atoms with van der Waals surface area (Å²) in [6.45, 7) is 1.68. The van der Waals surface area contributed by atoms with Crippen LogP contribution in [0.2, 0.25) is 0 Å². The van der Waals surface area contributed by atoms with E-state index in [1.54, 1.807) is 6.92 Å². The number of aryl methyl sites for hydroxylation is 1. The molecular formula is C10H7F2NO. The van der Waals surface area contributed by atoms with Gasteiger partial charge in [0, 0.05) is 11.5 Å². The van der Waals surface area contributed by atoms with Gasteiger partial charge in [-0.25, -0.2) is 8.78 Å². The van der Waals surface area contributed by atoms with E-state index in [-0.39, 0.29) is 5.52 Å². The molecule has 1 N–H and O–H groups in total. The molecule has 2 rings (SSSR count). The fraction of sp³-hybridized carbons (Fsp3) is 0.100. The highest BCUT2D eigenvalue weighted by atomic mass is 19.2. The van der Waals surface area contributed by atoms with E-state index >= 15 is 0 Å². The minimum absolute atomic E-state index is 0.0741. The molecule has 2 nitrogen and oxygen atoms in total. The zero-order chi connectivity index (χ0) is 10.3. The summed E-state index contributed by atoms with van der Waals surface area (Å²) in [5.41, 5.74) is 0.122. The third-order valence-corrected chi connectivity index (χ3v) is 2.12. The van der Waals surface area contributed by atoms with Crippen LogP contribution in [0.3, 0.4) is 0 Å². The number of nitrogens with one attached hydrogen (secondary N) is 1. The molecular weight excluding hydrogens is 188 g/mol. The van der Waals surface area contributed by atoms with Crippen molar-refractivity contribution in [2.24, 2.45) is 0 Å². The van der Waals surface area contributed by atoms with E-state index in [0.717, 1.165) is 6.07 Å². The number of hydrogen-bond acceptors (Lipinski definition) is 1. The summed E-state index contributed by atoms with van der Waals surface area (Å²) in [4.78, 5) is 13.3. The zero-order valence-electron chi connectivity index (χ0n) is 7.40. The number of pyridine rings is 1. The monoisotopic (exact) mass is 195 g/mol. The van der Waals surface area contributed by atoms with Crippen molar-refractivity contribution in [1.29, 1.82) is 0 Å². The van der Waals surface area contributed by atoms with Gasteiger partial charge in [-0.2, -0.15) is 0 Å². The van der Waals surface area contributed by atoms with Crippen LogP contribution in [-0.2, 0) is 0 Å². The van der Waals surface area contributed by atoms with Gasteiger partial charge in [0.2, 0.25) is 5.56 Å². The SMILES string of the molecule is Cc1cc(=O)[nH]c2c(F)c(F)ccc12. The van der Waals surface area contributed by atoms with Crippen LogP contribution in [0.4, 0.5) is 8.78 Å². The van der Waals surface area contributed by atoms with E-state index in [2.05, 4.69) is 4.98 Å². The van der Waals surface area contributed by atoms with Gasteiger partial charge < -0.3 is 4.98 Å². The highest BCUT2D eigenvalue weighted by Gasteiger charge is 2.09. The molecule has 2 aromatic rings. The van der Waals surface area contributed by atoms with E-state index in [1.807, 2.05) is 0 Å². The number of benzene rings is 1. The molecule has 14 heavy (non-hydrogen) atoms. The molecule has 0 aliphatic heterocycles. The van der Waals surface area contributed by atoms with Crippen molar-refractivity contribution in [2.45, 2.75) is 6.92 Å². The van der Waals surface area contributed by atoms with Gasteiger partial charge in [-0.05, 0) is 24.6 Å². The van der Waals surface area contributed by atoms with Crippen LogP contribution in [0.1, 0.15) is 5.56 Å². The molecule has 1 aromatic carbocycles. The van der Waals surface area contributed by atoms with Crippen molar-refractivity contribution in [3.05, 3.63) is 45.8 Å². The van der Waals surface area contributed by atoms with Crippen LogP contribution in [0.15, 0.2) is 23.0 Å². The van der Waals surface area contributed by atoms with Crippen molar-refractivity contribution in [3.63, 3.8) is 0 Å². The summed E-state index contributed by atoms with van der Waals surface area (Å²) in [5.74, 6) is -1.97. The summed E-state index contributed by atoms with van der Waals surface area (Å²) in [5, 5.41) is 0.517. The molecule has 1 heterocycles. The second-order valence-corrected chi connectivity index (χ2v) is 3.10. The third-order valence-electron chi connectivity index (χ3n) is 2.12. The first-order chi connectivity index (χ1) is 6.59. The Morgan fingerprint density at radius 1 is 1.29 bits per heavy atom. The van der Waals surface area contributed by atoms with Crippen molar-refractivity contribution >= 4 is 10.9 Å². The lowest BCUT2D eigenvalue weighted by Crippen LogP contribution is -2.06. The molecule has 0 saturated heterocycles. The molecule has 72 valence electrons. The predicted octanol–water partition coefficient (Wildman–Crippen LogP) is 2.11. The summed E-state index contributed by atoms with van der Waals surface area (Å²) in [7, 11) is 0. The van der Waals surface area contributed by atoms with Crippen LogP contribution in [0.25, 0.3) is 10.9 Å². The molecule has 0 aliphatic carbocycles. The lowest BCUT2D eigenvalue weighted by atomic mass is 10.1. The topological polar surface area (TPSA) is 32.9 Å². The molecule has 0 amide bonds. The number of aromatic amines is 1. The molecule has 0 bridgehead atoms. The van der Waals surface area contributed by atoms with Crippen LogP contribution in [0.5, 0.6) is 0 Å². The van der Waals surface area contributed by atoms with Crippen molar-refractivity contribution in [2.75, 3.05) is 0 Å². The minimum atomic E-state index is -1.01. The average molecular weight is 195 g/mol. The van der Waals surface area contributed by atoms with Gasteiger partial charge in [0.15, 0.2) is 11.6 Å². The Hall–Kier alpha value is -1.71. The van der Waals surface area contributed by atoms with Gasteiger partial charge in [-0.3, -0.25) is 4.79 Å². The maximum absolute atomic E-state index is 13.2. The number of fused-ring (bicyclic) bond motifs is 1. The normalized spacial score (nSPS) is 10.8. The maximum atomic E-state index is 13.2. The molecule has 0 aliphatic rings. The van der Waals surface area contributed by atoms with Crippen molar-refractivity contribution in [3.8, 4) is 0 Å². The first-order valence-corrected chi connectivity index (χ1v) is 4.07. The summed E-state index contributed by atoms with van der Waals surface area (Å²) in [6.07, 6.45) is 0. The molecule has 0 unspecified atom stereocenters. The van der Waals surface area contributed by atoms with E-state index in [1.165, 1.54) is 12.1 Å². The molecule has 0 radical (unpaired) electrons. The van der Waals surface area contributed by atoms with Crippen LogP contribution >= 0.6 is 0 Å². The predicted molar refractivity (Wildman–Crippen MR) is 49.2 cm³/mol. The van der Waals surface area contributed by atoms with E-state index in [4.69, 9.17) is 0 Å². The smallest absolute Gasteiger partial charge is 0.248 e. The first kappa shape index (κ1) is 8.87. The van der Waals surface area contributed by atoms with Gasteiger partial charge >= 0.3 is 0 Å². The number of rotatable bonds is 0. The second kappa shape index (κ2) is 2.90. The van der Waals surface area contributed by atoms with E-state index < -0.39 is 17.2 Å². The highest BCUT2D eigenvalue weighted by Crippen LogP contribution is 2.19. The van der Waals surface area contributed by atoms with Gasteiger partial charge in [0.25, 0.3) is 0 Å². The van der Waals surface area contributed by atoms with Gasteiger partial charge in [0.1, 0.15) is 0 Å². The lowest BCUT2D eigenvalue weighted by Gasteiger charge is -2.02. The van der Waals surface area contributed by atoms with Gasteiger partial charge in [0.05, 0.1) is 5.52 Å². The van der Waals surface area contributed by atoms with E-state index in [0.29, 0.717) is 10.9 Å². The Balaban J connectivity index is 3.02. The van der Waals surface area contributed by atoms with Gasteiger partial charge in [-0.15, -0.1) is 0 Å². The molecule has 0 fully saturated rings. The highest BCUT2D eigenvalue weighted by molar-refractivity contribution is 5.82. The Morgan fingerprint density at radius 3 is 2.71 bits per heavy atom. The standard InChI is InChI=1S/C10H7F2NO/c1-5-4-8(14)13-10-6(5)2-3-7(11)9(10)12/h2-4H,1H3,(H,13,14). The van der Waals surface area contributed by atoms with Crippen LogP contribution in [0, 0.1) is 18.6 Å². The van der Waals surface area contributed by atoms with Crippen LogP contribution < -0.4 is 5.56 Å². The lowest BCUT2D eigenvalue weighted by molar-refractivity contribution is 0.515. The van der Waals surface area contributed by atoms with Crippen molar-refractivity contribution in [1.82, 2.24) is 4.98 Å². The first-order valence-electron chi connectivity index (χ1n) is 4.07. The Bertz CT molecular complexity index is 560. The third kappa shape index (κ3) is 1.19. The van der Waals surface area contributed by atoms with E-state index in [9.17, 15) is 13.6 Å². The fourth-order valence-corrected chi connectivity index (χ4v) is 1.44. The fourth-order valence-electron chi connectivity index (χ4n) is 1.44. The second-order valence-electron chi connectivity index (χ2n) is 3.10. The quantitative estimate of drug-likeness (QED) is 0.686. The Morgan fingerprint density at radius 2 is 2.00 bits per heavy atom. The number of aromatic nitrogens is 1. The molecule has 0 atom stereocenters. The Kier molecular flexibility index (Phi) is 1.84. The van der Waals surface area contributed by atoms with Crippen LogP contribution in [-0.4, -0.2) is 4.98 Å². The Labute approximate surface area is 78.2 Å². The number of halogens is 2. The molecule has 0 spiro atoms. The van der Waals surface area contributed by atoms with Gasteiger partial charge in [-0.1, -0.05) is 0 Å². The average Bonchev–Trinajstić information content (AvgIpc) is 2.12. The summed E-state index contributed by atoms with van der Waals surface area (Å²) >= 11 is 0. The summed E-state index contributed by atoms with van der Waals surface area (Å²) < 4.78 is 26.0. The summed E-state index contributed by atoms with van der Waals surface area (Å²) in [6, 6.07) is 3.84.